The van der Waals surface area contributed by atoms with Gasteiger partial charge in [-0.2, -0.15) is 0 Å². The lowest BCUT2D eigenvalue weighted by molar-refractivity contribution is -0.385. The molecular formula is C17H17ClN2O3. The maximum absolute atomic E-state index is 12.4. The molecule has 0 spiro atoms. The predicted molar refractivity (Wildman–Crippen MR) is 89.9 cm³/mol. The van der Waals surface area contributed by atoms with Crippen molar-refractivity contribution in [3.63, 3.8) is 0 Å². The molecule has 0 aliphatic rings. The Labute approximate surface area is 139 Å². The summed E-state index contributed by atoms with van der Waals surface area (Å²) in [7, 11) is 0. The monoisotopic (exact) mass is 332 g/mol. The van der Waals surface area contributed by atoms with Crippen molar-refractivity contribution in [2.45, 2.75) is 26.8 Å². The van der Waals surface area contributed by atoms with Crippen molar-refractivity contribution in [3.05, 3.63) is 73.8 Å². The van der Waals surface area contributed by atoms with Crippen molar-refractivity contribution in [2.75, 3.05) is 0 Å². The van der Waals surface area contributed by atoms with Crippen molar-refractivity contribution < 1.29 is 9.72 Å². The second-order valence-electron chi connectivity index (χ2n) is 5.47. The Morgan fingerprint density at radius 1 is 1.22 bits per heavy atom. The summed E-state index contributed by atoms with van der Waals surface area (Å²) in [5.74, 6) is -0.499. The number of benzene rings is 2. The van der Waals surface area contributed by atoms with Crippen LogP contribution in [0.5, 0.6) is 0 Å². The molecule has 0 fully saturated rings. The Hall–Kier alpha value is -2.40. The van der Waals surface area contributed by atoms with Crippen LogP contribution in [-0.4, -0.2) is 10.8 Å². The maximum Gasteiger partial charge on any atom is 0.283 e. The van der Waals surface area contributed by atoms with E-state index in [4.69, 9.17) is 11.6 Å². The summed E-state index contributed by atoms with van der Waals surface area (Å²) in [5.41, 5.74) is 2.86. The smallest absolute Gasteiger partial charge is 0.283 e. The first-order valence-electron chi connectivity index (χ1n) is 7.11. The molecule has 0 bridgehead atoms. The summed E-state index contributed by atoms with van der Waals surface area (Å²) < 4.78 is 0. The van der Waals surface area contributed by atoms with Gasteiger partial charge in [-0.3, -0.25) is 14.9 Å². The van der Waals surface area contributed by atoms with Crippen LogP contribution in [0, 0.1) is 24.0 Å². The number of halogens is 1. The molecule has 5 nitrogen and oxygen atoms in total. The maximum atomic E-state index is 12.4. The van der Waals surface area contributed by atoms with Crippen molar-refractivity contribution >= 4 is 23.2 Å². The fourth-order valence-corrected chi connectivity index (χ4v) is 2.68. The van der Waals surface area contributed by atoms with Gasteiger partial charge in [0.15, 0.2) is 0 Å². The predicted octanol–water partition coefficient (Wildman–Crippen LogP) is 4.36. The number of aryl methyl sites for hydroxylation is 2. The minimum Gasteiger partial charge on any atom is -0.345 e. The Kier molecular flexibility index (Phi) is 5.01. The van der Waals surface area contributed by atoms with Gasteiger partial charge >= 0.3 is 0 Å². The van der Waals surface area contributed by atoms with Crippen LogP contribution in [0.4, 0.5) is 5.69 Å². The molecule has 1 N–H and O–H groups in total. The topological polar surface area (TPSA) is 72.2 Å². The highest BCUT2D eigenvalue weighted by Crippen LogP contribution is 2.25. The van der Waals surface area contributed by atoms with Crippen LogP contribution in [0.3, 0.4) is 0 Å². The van der Waals surface area contributed by atoms with Gasteiger partial charge in [0.1, 0.15) is 5.56 Å². The standard InChI is InChI=1S/C17H17ClN2O3/c1-10-4-6-14(11(2)8-10)12(3)19-17(21)15-7-5-13(18)9-16(15)20(22)23/h4-9,12H,1-3H3,(H,19,21)/t12-/m1/s1. The average molecular weight is 333 g/mol. The molecule has 23 heavy (non-hydrogen) atoms. The molecule has 1 amide bonds. The summed E-state index contributed by atoms with van der Waals surface area (Å²) in [5, 5.41) is 14.1. The molecule has 120 valence electrons. The summed E-state index contributed by atoms with van der Waals surface area (Å²) in [4.78, 5) is 22.9. The lowest BCUT2D eigenvalue weighted by Gasteiger charge is -2.17. The SMILES string of the molecule is Cc1ccc([C@@H](C)NC(=O)c2ccc(Cl)cc2[N+](=O)[O-])c(C)c1. The average Bonchev–Trinajstić information content (AvgIpc) is 2.46. The largest absolute Gasteiger partial charge is 0.345 e. The molecule has 0 heterocycles. The highest BCUT2D eigenvalue weighted by Gasteiger charge is 2.22. The Morgan fingerprint density at radius 2 is 1.91 bits per heavy atom. The number of nitro groups is 1. The van der Waals surface area contributed by atoms with Crippen LogP contribution in [0.1, 0.15) is 40.0 Å². The highest BCUT2D eigenvalue weighted by molar-refractivity contribution is 6.31. The number of hydrogen-bond donors (Lipinski definition) is 1. The molecule has 0 aromatic heterocycles. The molecule has 6 heteroatoms. The number of nitro benzene ring substituents is 1. The summed E-state index contributed by atoms with van der Waals surface area (Å²) in [6.45, 7) is 5.81. The number of rotatable bonds is 4. The molecule has 2 aromatic carbocycles. The third-order valence-corrected chi connectivity index (χ3v) is 3.88. The van der Waals surface area contributed by atoms with Crippen molar-refractivity contribution in [2.24, 2.45) is 0 Å². The fourth-order valence-electron chi connectivity index (χ4n) is 2.51. The number of amides is 1. The van der Waals surface area contributed by atoms with E-state index in [2.05, 4.69) is 5.32 Å². The zero-order valence-corrected chi connectivity index (χ0v) is 13.8. The van der Waals surface area contributed by atoms with E-state index >= 15 is 0 Å². The quantitative estimate of drug-likeness (QED) is 0.668. The minimum absolute atomic E-state index is 0.00369. The lowest BCUT2D eigenvalue weighted by Crippen LogP contribution is -2.27. The summed E-state index contributed by atoms with van der Waals surface area (Å²) in [6, 6.07) is 9.69. The number of carbonyl (C=O) groups is 1. The first-order valence-corrected chi connectivity index (χ1v) is 7.49. The van der Waals surface area contributed by atoms with E-state index in [1.165, 1.54) is 18.2 Å². The number of nitrogens with one attached hydrogen (secondary N) is 1. The normalized spacial score (nSPS) is 11.8. The summed E-state index contributed by atoms with van der Waals surface area (Å²) >= 11 is 5.77. The Balaban J connectivity index is 2.27. The van der Waals surface area contributed by atoms with Crippen molar-refractivity contribution in [1.82, 2.24) is 5.32 Å². The highest BCUT2D eigenvalue weighted by atomic mass is 35.5. The van der Waals surface area contributed by atoms with Gasteiger partial charge in [-0.1, -0.05) is 35.4 Å². The molecule has 0 saturated heterocycles. The minimum atomic E-state index is -0.609. The van der Waals surface area contributed by atoms with Gasteiger partial charge in [-0.25, -0.2) is 0 Å². The van der Waals surface area contributed by atoms with Gasteiger partial charge in [-0.05, 0) is 44.0 Å². The molecular weight excluding hydrogens is 316 g/mol. The molecule has 0 unspecified atom stereocenters. The second-order valence-corrected chi connectivity index (χ2v) is 5.91. The number of nitrogens with zero attached hydrogens (tertiary/aromatic N) is 1. The first kappa shape index (κ1) is 17.0. The van der Waals surface area contributed by atoms with Gasteiger partial charge in [0.05, 0.1) is 11.0 Å². The van der Waals surface area contributed by atoms with E-state index in [1.54, 1.807) is 0 Å². The van der Waals surface area contributed by atoms with Crippen molar-refractivity contribution in [3.8, 4) is 0 Å². The molecule has 0 radical (unpaired) electrons. The number of hydrogen-bond acceptors (Lipinski definition) is 3. The first-order chi connectivity index (χ1) is 10.8. The van der Waals surface area contributed by atoms with Gasteiger partial charge in [0, 0.05) is 11.1 Å². The zero-order chi connectivity index (χ0) is 17.1. The molecule has 0 aliphatic carbocycles. The van der Waals surface area contributed by atoms with E-state index in [9.17, 15) is 14.9 Å². The van der Waals surface area contributed by atoms with Gasteiger partial charge in [-0.15, -0.1) is 0 Å². The van der Waals surface area contributed by atoms with Gasteiger partial charge < -0.3 is 5.32 Å². The number of carbonyl (C=O) groups excluding carboxylic acids is 1. The molecule has 0 saturated carbocycles. The van der Waals surface area contributed by atoms with E-state index in [1.807, 2.05) is 39.0 Å². The zero-order valence-electron chi connectivity index (χ0n) is 13.1. The Morgan fingerprint density at radius 3 is 2.52 bits per heavy atom. The lowest BCUT2D eigenvalue weighted by atomic mass is 10.00. The van der Waals surface area contributed by atoms with E-state index in [-0.39, 0.29) is 22.3 Å². The summed E-state index contributed by atoms with van der Waals surface area (Å²) in [6.07, 6.45) is 0. The van der Waals surface area contributed by atoms with E-state index in [0.717, 1.165) is 16.7 Å². The van der Waals surface area contributed by atoms with Crippen LogP contribution in [0.25, 0.3) is 0 Å². The van der Waals surface area contributed by atoms with Crippen molar-refractivity contribution in [1.29, 1.82) is 0 Å². The third kappa shape index (κ3) is 3.87. The third-order valence-electron chi connectivity index (χ3n) is 3.64. The van der Waals surface area contributed by atoms with Gasteiger partial charge in [0.2, 0.25) is 0 Å². The van der Waals surface area contributed by atoms with Crippen LogP contribution in [0.15, 0.2) is 36.4 Å². The van der Waals surface area contributed by atoms with Crippen LogP contribution < -0.4 is 5.32 Å². The fraction of sp³-hybridized carbons (Fsp3) is 0.235. The molecule has 2 aromatic rings. The molecule has 0 aliphatic heterocycles. The molecule has 1 atom stereocenters. The van der Waals surface area contributed by atoms with Crippen LogP contribution in [0.2, 0.25) is 5.02 Å². The van der Waals surface area contributed by atoms with Crippen LogP contribution >= 0.6 is 11.6 Å². The second kappa shape index (κ2) is 6.79. The van der Waals surface area contributed by atoms with E-state index in [0.29, 0.717) is 0 Å². The molecule has 2 rings (SSSR count). The van der Waals surface area contributed by atoms with Crippen LogP contribution in [-0.2, 0) is 0 Å². The Bertz CT molecular complexity index is 774. The van der Waals surface area contributed by atoms with Gasteiger partial charge in [0.25, 0.3) is 11.6 Å². The van der Waals surface area contributed by atoms with E-state index < -0.39 is 10.8 Å².